The molecule has 0 bridgehead atoms. The molecule has 0 unspecified atom stereocenters. The van der Waals surface area contributed by atoms with Crippen LogP contribution in [0.15, 0.2) is 55.5 Å². The van der Waals surface area contributed by atoms with E-state index in [0.717, 1.165) is 29.8 Å². The minimum atomic E-state index is -0.331. The molecule has 0 atom stereocenters. The summed E-state index contributed by atoms with van der Waals surface area (Å²) in [4.78, 5) is 29.8. The smallest absolute Gasteiger partial charge is 0.247 e. The van der Waals surface area contributed by atoms with Crippen molar-refractivity contribution >= 4 is 51.6 Å². The molecule has 4 rings (SSSR count). The maximum Gasteiger partial charge on any atom is 0.247 e. The number of ether oxygens (including phenoxy) is 2. The average Bonchev–Trinajstić information content (AvgIpc) is 3.35. The quantitative estimate of drug-likeness (QED) is 0.263. The van der Waals surface area contributed by atoms with Gasteiger partial charge in [-0.25, -0.2) is 9.97 Å². The zero-order valence-electron chi connectivity index (χ0n) is 22.5. The molecular weight excluding hydrogens is 520 g/mol. The molecule has 12 heteroatoms. The normalized spacial score (nSPS) is 10.9. The molecule has 0 aliphatic carbocycles. The first kappa shape index (κ1) is 27.7. The van der Waals surface area contributed by atoms with Gasteiger partial charge in [-0.1, -0.05) is 18.2 Å². The summed E-state index contributed by atoms with van der Waals surface area (Å²) < 4.78 is 12.8. The van der Waals surface area contributed by atoms with Crippen LogP contribution in [0.3, 0.4) is 0 Å². The summed E-state index contributed by atoms with van der Waals surface area (Å²) in [7, 11) is 9.15. The lowest BCUT2D eigenvalue weighted by Gasteiger charge is -2.26. The fraction of sp³-hybridized carbons (Fsp3) is 0.259. The van der Waals surface area contributed by atoms with Gasteiger partial charge in [-0.3, -0.25) is 9.36 Å². The van der Waals surface area contributed by atoms with E-state index in [-0.39, 0.29) is 11.9 Å². The van der Waals surface area contributed by atoms with E-state index in [1.54, 1.807) is 31.2 Å². The summed E-state index contributed by atoms with van der Waals surface area (Å²) in [5.74, 6) is 1.63. The molecule has 2 aromatic heterocycles. The van der Waals surface area contributed by atoms with Gasteiger partial charge in [0.15, 0.2) is 5.82 Å². The third kappa shape index (κ3) is 6.21. The Labute approximate surface area is 232 Å². The van der Waals surface area contributed by atoms with Crippen LogP contribution in [-0.2, 0) is 4.79 Å². The lowest BCUT2D eigenvalue weighted by Crippen LogP contribution is -2.29. The topological polar surface area (TPSA) is 110 Å². The van der Waals surface area contributed by atoms with E-state index in [1.165, 1.54) is 12.3 Å². The summed E-state index contributed by atoms with van der Waals surface area (Å²) in [6.45, 7) is 5.12. The van der Waals surface area contributed by atoms with Crippen molar-refractivity contribution in [2.24, 2.45) is 0 Å². The first-order chi connectivity index (χ1) is 18.7. The number of likely N-dealkylation sites (N-methyl/N-ethyl adjacent to an activating group) is 2. The van der Waals surface area contributed by atoms with Crippen LogP contribution in [0.4, 0.5) is 23.0 Å². The molecular formula is C27H31ClN8O3. The fourth-order valence-electron chi connectivity index (χ4n) is 3.90. The van der Waals surface area contributed by atoms with Crippen molar-refractivity contribution in [1.29, 1.82) is 0 Å². The van der Waals surface area contributed by atoms with Crippen molar-refractivity contribution in [2.75, 3.05) is 64.0 Å². The van der Waals surface area contributed by atoms with E-state index in [0.29, 0.717) is 33.7 Å². The Balaban J connectivity index is 1.72. The Morgan fingerprint density at radius 2 is 1.90 bits per heavy atom. The van der Waals surface area contributed by atoms with Gasteiger partial charge in [0, 0.05) is 32.3 Å². The highest BCUT2D eigenvalue weighted by molar-refractivity contribution is 6.32. The predicted octanol–water partition coefficient (Wildman–Crippen LogP) is 4.35. The molecule has 1 amide bonds. The summed E-state index contributed by atoms with van der Waals surface area (Å²) in [5, 5.41) is 6.44. The maximum atomic E-state index is 12.2. The molecule has 0 saturated carbocycles. The zero-order chi connectivity index (χ0) is 28.1. The molecule has 2 N–H and O–H groups in total. The summed E-state index contributed by atoms with van der Waals surface area (Å²) >= 11 is 6.50. The van der Waals surface area contributed by atoms with Crippen molar-refractivity contribution in [1.82, 2.24) is 24.4 Å². The standard InChI is InChI=1S/C27H31ClN8O3/c1-7-25(37)31-20-13-21(24(39-6)14-23(20)35(4)11-10-34(2)3)32-27-29-15-18(28)26(33-27)36-16-30-19-12-17(38-5)8-9-22(19)36/h7-9,12-16H,1,10-11H2,2-6H3,(H,31,37)(H,29,32,33). The third-order valence-electron chi connectivity index (χ3n) is 6.01. The summed E-state index contributed by atoms with van der Waals surface area (Å²) in [6, 6.07) is 9.19. The molecule has 39 heavy (non-hydrogen) atoms. The van der Waals surface area contributed by atoms with Gasteiger partial charge in [0.05, 0.1) is 48.5 Å². The van der Waals surface area contributed by atoms with E-state index in [1.807, 2.05) is 50.3 Å². The van der Waals surface area contributed by atoms with E-state index in [9.17, 15) is 4.79 Å². The molecule has 0 fully saturated rings. The fourth-order valence-corrected chi connectivity index (χ4v) is 4.08. The molecule has 2 heterocycles. The van der Waals surface area contributed by atoms with Crippen LogP contribution < -0.4 is 25.0 Å². The van der Waals surface area contributed by atoms with Gasteiger partial charge in [0.1, 0.15) is 22.8 Å². The minimum Gasteiger partial charge on any atom is -0.497 e. The van der Waals surface area contributed by atoms with Crippen LogP contribution in [0.1, 0.15) is 0 Å². The number of benzene rings is 2. The predicted molar refractivity (Wildman–Crippen MR) is 155 cm³/mol. The number of methoxy groups -OCH3 is 2. The van der Waals surface area contributed by atoms with E-state index in [2.05, 4.69) is 37.1 Å². The number of carbonyl (C=O) groups is 1. The number of aromatic nitrogens is 4. The number of nitrogens with zero attached hydrogens (tertiary/aromatic N) is 6. The number of anilines is 4. The number of rotatable bonds is 11. The molecule has 204 valence electrons. The second-order valence-corrected chi connectivity index (χ2v) is 9.35. The minimum absolute atomic E-state index is 0.276. The Kier molecular flexibility index (Phi) is 8.52. The van der Waals surface area contributed by atoms with Gasteiger partial charge in [0.25, 0.3) is 0 Å². The number of halogens is 1. The van der Waals surface area contributed by atoms with Crippen LogP contribution in [-0.4, -0.2) is 78.8 Å². The van der Waals surface area contributed by atoms with Crippen molar-refractivity contribution in [3.63, 3.8) is 0 Å². The second kappa shape index (κ2) is 12.0. The Hall–Kier alpha value is -4.35. The Morgan fingerprint density at radius 3 is 2.59 bits per heavy atom. The zero-order valence-corrected chi connectivity index (χ0v) is 23.3. The molecule has 4 aromatic rings. The van der Waals surface area contributed by atoms with Crippen LogP contribution in [0.2, 0.25) is 5.02 Å². The van der Waals surface area contributed by atoms with E-state index >= 15 is 0 Å². The molecule has 0 saturated heterocycles. The molecule has 0 spiro atoms. The SMILES string of the molecule is C=CC(=O)Nc1cc(Nc2ncc(Cl)c(-n3cnc4cc(OC)ccc43)n2)c(OC)cc1N(C)CCN(C)C. The number of hydrogen-bond acceptors (Lipinski definition) is 9. The highest BCUT2D eigenvalue weighted by Gasteiger charge is 2.18. The van der Waals surface area contributed by atoms with Crippen molar-refractivity contribution in [3.8, 4) is 17.3 Å². The number of imidazole rings is 1. The monoisotopic (exact) mass is 550 g/mol. The first-order valence-corrected chi connectivity index (χ1v) is 12.4. The van der Waals surface area contributed by atoms with Crippen molar-refractivity contribution in [3.05, 3.63) is 60.5 Å². The largest absolute Gasteiger partial charge is 0.497 e. The van der Waals surface area contributed by atoms with Crippen LogP contribution in [0.25, 0.3) is 16.9 Å². The van der Waals surface area contributed by atoms with Gasteiger partial charge >= 0.3 is 0 Å². The number of hydrogen-bond donors (Lipinski definition) is 2. The second-order valence-electron chi connectivity index (χ2n) is 8.95. The molecule has 2 aromatic carbocycles. The third-order valence-corrected chi connectivity index (χ3v) is 6.28. The van der Waals surface area contributed by atoms with Gasteiger partial charge in [-0.15, -0.1) is 0 Å². The molecule has 0 aliphatic rings. The van der Waals surface area contributed by atoms with E-state index < -0.39 is 0 Å². The van der Waals surface area contributed by atoms with Crippen LogP contribution >= 0.6 is 11.6 Å². The summed E-state index contributed by atoms with van der Waals surface area (Å²) in [6.07, 6.45) is 4.38. The van der Waals surface area contributed by atoms with E-state index in [4.69, 9.17) is 21.1 Å². The van der Waals surface area contributed by atoms with Crippen molar-refractivity contribution in [2.45, 2.75) is 0 Å². The van der Waals surface area contributed by atoms with Crippen molar-refractivity contribution < 1.29 is 14.3 Å². The molecule has 11 nitrogen and oxygen atoms in total. The first-order valence-electron chi connectivity index (χ1n) is 12.1. The Morgan fingerprint density at radius 1 is 1.10 bits per heavy atom. The van der Waals surface area contributed by atoms with Crippen LogP contribution in [0.5, 0.6) is 11.5 Å². The highest BCUT2D eigenvalue weighted by atomic mass is 35.5. The lowest BCUT2D eigenvalue weighted by molar-refractivity contribution is -0.111. The lowest BCUT2D eigenvalue weighted by atomic mass is 10.2. The molecule has 0 radical (unpaired) electrons. The molecule has 0 aliphatic heterocycles. The average molecular weight is 551 g/mol. The number of fused-ring (bicyclic) bond motifs is 1. The van der Waals surface area contributed by atoms with Gasteiger partial charge in [0.2, 0.25) is 11.9 Å². The maximum absolute atomic E-state index is 12.2. The Bertz CT molecular complexity index is 1500. The summed E-state index contributed by atoms with van der Waals surface area (Å²) in [5.41, 5.74) is 3.45. The van der Waals surface area contributed by atoms with Gasteiger partial charge < -0.3 is 29.9 Å². The van der Waals surface area contributed by atoms with Crippen LogP contribution in [0, 0.1) is 0 Å². The number of amides is 1. The van der Waals surface area contributed by atoms with Gasteiger partial charge in [-0.05, 0) is 38.4 Å². The number of carbonyl (C=O) groups excluding carboxylic acids is 1. The number of nitrogens with one attached hydrogen (secondary N) is 2. The highest BCUT2D eigenvalue weighted by Crippen LogP contribution is 2.38. The van der Waals surface area contributed by atoms with Gasteiger partial charge in [-0.2, -0.15) is 4.98 Å².